The summed E-state index contributed by atoms with van der Waals surface area (Å²) in [5.74, 6) is -0.472. The van der Waals surface area contributed by atoms with Crippen molar-refractivity contribution in [3.8, 4) is 0 Å². The number of carbonyl (C=O) groups is 2. The number of alkyl carbamates (subject to hydrolysis) is 1. The van der Waals surface area contributed by atoms with Gasteiger partial charge in [0.1, 0.15) is 13.2 Å². The predicted octanol–water partition coefficient (Wildman–Crippen LogP) is 2.49. The monoisotopic (exact) mass is 316 g/mol. The van der Waals surface area contributed by atoms with Crippen LogP contribution < -0.4 is 5.32 Å². The molecule has 1 heterocycles. The molecule has 1 aromatic heterocycles. The summed E-state index contributed by atoms with van der Waals surface area (Å²) >= 11 is 0. The molecule has 6 heteroatoms. The van der Waals surface area contributed by atoms with Crippen LogP contribution in [0.2, 0.25) is 0 Å². The second-order valence-electron chi connectivity index (χ2n) is 5.10. The fraction of sp³-hybridized carbons (Fsp3) is 0.294. The molecule has 1 N–H and O–H groups in total. The van der Waals surface area contributed by atoms with Crippen molar-refractivity contribution in [1.29, 1.82) is 0 Å². The molecule has 0 fully saturated rings. The van der Waals surface area contributed by atoms with Gasteiger partial charge in [-0.2, -0.15) is 0 Å². The minimum absolute atomic E-state index is 0.0871. The van der Waals surface area contributed by atoms with E-state index in [0.717, 1.165) is 10.8 Å². The number of nitrogens with zero attached hydrogens (tertiary/aromatic N) is 1. The molecule has 0 atom stereocenters. The molecule has 1 amide bonds. The van der Waals surface area contributed by atoms with Crippen LogP contribution in [0.4, 0.5) is 4.79 Å². The quantitative estimate of drug-likeness (QED) is 0.484. The Balaban J connectivity index is 1.63. The number of carbonyl (C=O) groups excluding carboxylic acids is 2. The van der Waals surface area contributed by atoms with E-state index in [0.29, 0.717) is 12.1 Å². The van der Waals surface area contributed by atoms with Crippen molar-refractivity contribution < 1.29 is 19.1 Å². The van der Waals surface area contributed by atoms with E-state index >= 15 is 0 Å². The van der Waals surface area contributed by atoms with Gasteiger partial charge < -0.3 is 19.4 Å². The highest BCUT2D eigenvalue weighted by Crippen LogP contribution is 2.14. The zero-order chi connectivity index (χ0) is 16.7. The first-order valence-electron chi connectivity index (χ1n) is 7.34. The SMILES string of the molecule is C=C(C)C(=O)OCCNC(=O)OCCn1cc2ccccc2c1. The van der Waals surface area contributed by atoms with Crippen molar-refractivity contribution in [2.24, 2.45) is 0 Å². The number of ether oxygens (including phenoxy) is 2. The van der Waals surface area contributed by atoms with E-state index in [-0.39, 0.29) is 19.8 Å². The summed E-state index contributed by atoms with van der Waals surface area (Å²) in [7, 11) is 0. The summed E-state index contributed by atoms with van der Waals surface area (Å²) < 4.78 is 11.9. The lowest BCUT2D eigenvalue weighted by molar-refractivity contribution is -0.138. The molecular weight excluding hydrogens is 296 g/mol. The molecule has 23 heavy (non-hydrogen) atoms. The zero-order valence-electron chi connectivity index (χ0n) is 13.1. The van der Waals surface area contributed by atoms with E-state index in [1.54, 1.807) is 6.92 Å². The Hall–Kier alpha value is -2.76. The molecule has 1 aromatic carbocycles. The third-order valence-corrected chi connectivity index (χ3v) is 3.14. The highest BCUT2D eigenvalue weighted by molar-refractivity contribution is 5.86. The summed E-state index contributed by atoms with van der Waals surface area (Å²) in [6.45, 7) is 6.15. The Bertz CT molecular complexity index is 672. The van der Waals surface area contributed by atoms with E-state index in [1.807, 2.05) is 41.2 Å². The summed E-state index contributed by atoms with van der Waals surface area (Å²) in [4.78, 5) is 22.6. The van der Waals surface area contributed by atoms with Gasteiger partial charge in [-0.1, -0.05) is 30.8 Å². The molecule has 0 radical (unpaired) electrons. The molecule has 6 nitrogen and oxygen atoms in total. The number of amides is 1. The first-order chi connectivity index (χ1) is 11.1. The number of hydrogen-bond acceptors (Lipinski definition) is 4. The van der Waals surface area contributed by atoms with Gasteiger partial charge in [-0.05, 0) is 17.7 Å². The third kappa shape index (κ3) is 5.18. The number of hydrogen-bond donors (Lipinski definition) is 1. The van der Waals surface area contributed by atoms with E-state index in [9.17, 15) is 9.59 Å². The fourth-order valence-corrected chi connectivity index (χ4v) is 1.98. The number of fused-ring (bicyclic) bond motifs is 1. The smallest absolute Gasteiger partial charge is 0.407 e. The average Bonchev–Trinajstić information content (AvgIpc) is 2.93. The molecule has 0 bridgehead atoms. The van der Waals surface area contributed by atoms with Gasteiger partial charge in [-0.3, -0.25) is 0 Å². The number of esters is 1. The van der Waals surface area contributed by atoms with Gasteiger partial charge in [-0.15, -0.1) is 0 Å². The maximum absolute atomic E-state index is 11.5. The number of benzene rings is 1. The van der Waals surface area contributed by atoms with Gasteiger partial charge in [0.05, 0.1) is 13.1 Å². The summed E-state index contributed by atoms with van der Waals surface area (Å²) in [6.07, 6.45) is 3.48. The van der Waals surface area contributed by atoms with Gasteiger partial charge in [-0.25, -0.2) is 9.59 Å². The minimum Gasteiger partial charge on any atom is -0.460 e. The van der Waals surface area contributed by atoms with Gasteiger partial charge >= 0.3 is 12.1 Å². The van der Waals surface area contributed by atoms with Crippen molar-refractivity contribution in [3.05, 3.63) is 48.8 Å². The molecule has 2 rings (SSSR count). The van der Waals surface area contributed by atoms with Crippen LogP contribution in [0.1, 0.15) is 6.92 Å². The van der Waals surface area contributed by atoms with Crippen molar-refractivity contribution in [3.63, 3.8) is 0 Å². The highest BCUT2D eigenvalue weighted by Gasteiger charge is 2.05. The fourth-order valence-electron chi connectivity index (χ4n) is 1.98. The Kier molecular flexibility index (Phi) is 5.80. The Morgan fingerprint density at radius 3 is 2.39 bits per heavy atom. The second kappa shape index (κ2) is 8.03. The first-order valence-corrected chi connectivity index (χ1v) is 7.34. The van der Waals surface area contributed by atoms with Crippen LogP contribution in [-0.2, 0) is 20.8 Å². The van der Waals surface area contributed by atoms with Crippen molar-refractivity contribution in [1.82, 2.24) is 9.88 Å². The molecule has 2 aromatic rings. The molecule has 122 valence electrons. The first kappa shape index (κ1) is 16.6. The van der Waals surface area contributed by atoms with Crippen LogP contribution in [0, 0.1) is 0 Å². The van der Waals surface area contributed by atoms with Gasteiger partial charge in [0.25, 0.3) is 0 Å². The van der Waals surface area contributed by atoms with Crippen LogP contribution in [0.5, 0.6) is 0 Å². The summed E-state index contributed by atoms with van der Waals surface area (Å²) in [5, 5.41) is 4.81. The Morgan fingerprint density at radius 1 is 1.13 bits per heavy atom. The van der Waals surface area contributed by atoms with Crippen molar-refractivity contribution in [2.45, 2.75) is 13.5 Å². The number of aromatic nitrogens is 1. The van der Waals surface area contributed by atoms with Crippen LogP contribution in [-0.4, -0.2) is 36.4 Å². The minimum atomic E-state index is -0.534. The average molecular weight is 316 g/mol. The van der Waals surface area contributed by atoms with Crippen LogP contribution >= 0.6 is 0 Å². The maximum atomic E-state index is 11.5. The second-order valence-corrected chi connectivity index (χ2v) is 5.10. The largest absolute Gasteiger partial charge is 0.460 e. The molecule has 0 aliphatic rings. The topological polar surface area (TPSA) is 69.6 Å². The van der Waals surface area contributed by atoms with E-state index < -0.39 is 12.1 Å². The lowest BCUT2D eigenvalue weighted by atomic mass is 10.2. The van der Waals surface area contributed by atoms with Gasteiger partial charge in [0, 0.05) is 18.0 Å². The molecule has 0 aliphatic carbocycles. The van der Waals surface area contributed by atoms with E-state index in [2.05, 4.69) is 11.9 Å². The van der Waals surface area contributed by atoms with Crippen LogP contribution in [0.15, 0.2) is 48.8 Å². The normalized spacial score (nSPS) is 10.3. The molecule has 0 aliphatic heterocycles. The molecule has 0 saturated carbocycles. The lowest BCUT2D eigenvalue weighted by Gasteiger charge is -2.08. The summed E-state index contributed by atoms with van der Waals surface area (Å²) in [6, 6.07) is 8.03. The molecular formula is C17H20N2O4. The van der Waals surface area contributed by atoms with Gasteiger partial charge in [0.15, 0.2) is 0 Å². The Labute approximate surface area is 134 Å². The number of nitrogens with one attached hydrogen (secondary N) is 1. The van der Waals surface area contributed by atoms with Gasteiger partial charge in [0.2, 0.25) is 0 Å². The Morgan fingerprint density at radius 2 is 1.78 bits per heavy atom. The molecule has 0 saturated heterocycles. The number of rotatable bonds is 7. The zero-order valence-corrected chi connectivity index (χ0v) is 13.1. The third-order valence-electron chi connectivity index (χ3n) is 3.14. The predicted molar refractivity (Wildman–Crippen MR) is 87.1 cm³/mol. The van der Waals surface area contributed by atoms with Crippen LogP contribution in [0.3, 0.4) is 0 Å². The van der Waals surface area contributed by atoms with Crippen molar-refractivity contribution in [2.75, 3.05) is 19.8 Å². The maximum Gasteiger partial charge on any atom is 0.407 e. The van der Waals surface area contributed by atoms with E-state index in [4.69, 9.17) is 9.47 Å². The van der Waals surface area contributed by atoms with Crippen molar-refractivity contribution >= 4 is 22.8 Å². The molecule has 0 spiro atoms. The van der Waals surface area contributed by atoms with Crippen LogP contribution in [0.25, 0.3) is 10.8 Å². The standard InChI is InChI=1S/C17H20N2O4/c1-13(2)16(20)22-9-7-18-17(21)23-10-8-19-11-14-5-3-4-6-15(14)12-19/h3-6,11-12H,1,7-10H2,2H3,(H,18,21). The molecule has 0 unspecified atom stereocenters. The lowest BCUT2D eigenvalue weighted by Crippen LogP contribution is -2.29. The van der Waals surface area contributed by atoms with E-state index in [1.165, 1.54) is 0 Å². The summed E-state index contributed by atoms with van der Waals surface area (Å²) in [5.41, 5.74) is 0.326. The highest BCUT2D eigenvalue weighted by atomic mass is 16.6.